The number of hydrogen-bond donors (Lipinski definition) is 1. The topological polar surface area (TPSA) is 41.0 Å². The van der Waals surface area contributed by atoms with Crippen LogP contribution in [0.3, 0.4) is 0 Å². The van der Waals surface area contributed by atoms with Gasteiger partial charge in [0.05, 0.1) is 15.8 Å². The zero-order valence-electron chi connectivity index (χ0n) is 16.9. The smallest absolute Gasteiger partial charge is 0.355 e. The van der Waals surface area contributed by atoms with E-state index in [-0.39, 0.29) is 0 Å². The standard InChI is InChI=1S/C22H25F3N4S/c1-15-13-30-20-19(15)27-14-28-21(20)29-10-7-18(8-11-29)26-9-3-5-16-4-2-6-17(12-16)22(23,24)25/h2,4,6,12-14,18,26H,3,5,7-11H2,1H3. The Bertz CT molecular complexity index is 993. The molecule has 0 spiro atoms. The van der Waals surface area contributed by atoms with Gasteiger partial charge in [-0.2, -0.15) is 13.2 Å². The van der Waals surface area contributed by atoms with Crippen molar-refractivity contribution in [2.45, 2.75) is 44.8 Å². The van der Waals surface area contributed by atoms with Crippen molar-refractivity contribution in [3.63, 3.8) is 0 Å². The number of fused-ring (bicyclic) bond motifs is 1. The number of benzene rings is 1. The maximum absolute atomic E-state index is 12.8. The molecule has 0 unspecified atom stereocenters. The Morgan fingerprint density at radius 3 is 2.77 bits per heavy atom. The highest BCUT2D eigenvalue weighted by Crippen LogP contribution is 2.32. The van der Waals surface area contributed by atoms with Crippen molar-refractivity contribution in [2.75, 3.05) is 24.5 Å². The number of hydrogen-bond acceptors (Lipinski definition) is 5. The molecule has 3 heterocycles. The van der Waals surface area contributed by atoms with Crippen LogP contribution in [0.2, 0.25) is 0 Å². The number of thiophene rings is 1. The second-order valence-electron chi connectivity index (χ2n) is 7.81. The van der Waals surface area contributed by atoms with Crippen LogP contribution < -0.4 is 10.2 Å². The predicted octanol–water partition coefficient (Wildman–Crippen LogP) is 5.21. The number of aryl methyl sites for hydroxylation is 2. The first-order chi connectivity index (χ1) is 14.4. The van der Waals surface area contributed by atoms with Crippen LogP contribution in [0.25, 0.3) is 10.2 Å². The Kier molecular flexibility index (Phi) is 6.24. The van der Waals surface area contributed by atoms with E-state index >= 15 is 0 Å². The van der Waals surface area contributed by atoms with E-state index in [1.54, 1.807) is 23.7 Å². The molecule has 1 aliphatic rings. The number of halogens is 3. The molecule has 0 bridgehead atoms. The molecule has 1 aromatic carbocycles. The van der Waals surface area contributed by atoms with Crippen molar-refractivity contribution in [3.8, 4) is 0 Å². The Morgan fingerprint density at radius 1 is 1.20 bits per heavy atom. The zero-order valence-corrected chi connectivity index (χ0v) is 17.7. The lowest BCUT2D eigenvalue weighted by molar-refractivity contribution is -0.137. The summed E-state index contributed by atoms with van der Waals surface area (Å²) in [6.45, 7) is 4.76. The molecule has 0 atom stereocenters. The second kappa shape index (κ2) is 8.89. The summed E-state index contributed by atoms with van der Waals surface area (Å²) >= 11 is 1.70. The quantitative estimate of drug-likeness (QED) is 0.541. The third-order valence-corrected chi connectivity index (χ3v) is 6.72. The van der Waals surface area contributed by atoms with Gasteiger partial charge >= 0.3 is 6.18 Å². The average Bonchev–Trinajstić information content (AvgIpc) is 3.12. The molecule has 8 heteroatoms. The molecule has 3 aromatic rings. The molecule has 1 N–H and O–H groups in total. The van der Waals surface area contributed by atoms with Crippen LogP contribution in [-0.2, 0) is 12.6 Å². The van der Waals surface area contributed by atoms with Crippen molar-refractivity contribution >= 4 is 27.4 Å². The van der Waals surface area contributed by atoms with Crippen LogP contribution in [0.5, 0.6) is 0 Å². The van der Waals surface area contributed by atoms with Crippen LogP contribution in [-0.4, -0.2) is 35.6 Å². The van der Waals surface area contributed by atoms with Gasteiger partial charge in [0, 0.05) is 19.1 Å². The third-order valence-electron chi connectivity index (χ3n) is 5.64. The summed E-state index contributed by atoms with van der Waals surface area (Å²) in [7, 11) is 0. The minimum atomic E-state index is -4.28. The summed E-state index contributed by atoms with van der Waals surface area (Å²) in [6.07, 6.45) is 0.891. The first-order valence-electron chi connectivity index (χ1n) is 10.2. The number of anilines is 1. The first kappa shape index (κ1) is 21.1. The SMILES string of the molecule is Cc1csc2c(N3CCC(NCCCc4cccc(C(F)(F)F)c4)CC3)ncnc12. The lowest BCUT2D eigenvalue weighted by Crippen LogP contribution is -2.43. The van der Waals surface area contributed by atoms with Crippen molar-refractivity contribution in [1.82, 2.24) is 15.3 Å². The highest BCUT2D eigenvalue weighted by Gasteiger charge is 2.30. The molecule has 1 saturated heterocycles. The highest BCUT2D eigenvalue weighted by atomic mass is 32.1. The largest absolute Gasteiger partial charge is 0.416 e. The Balaban J connectivity index is 1.24. The Hall–Kier alpha value is -2.19. The molecule has 1 fully saturated rings. The van der Waals surface area contributed by atoms with Crippen LogP contribution in [0, 0.1) is 6.92 Å². The number of nitrogens with zero attached hydrogens (tertiary/aromatic N) is 3. The summed E-state index contributed by atoms with van der Waals surface area (Å²) < 4.78 is 39.6. The number of nitrogens with one attached hydrogen (secondary N) is 1. The second-order valence-corrected chi connectivity index (χ2v) is 8.69. The molecule has 1 aliphatic heterocycles. The third kappa shape index (κ3) is 4.75. The predicted molar refractivity (Wildman–Crippen MR) is 115 cm³/mol. The molecule has 2 aromatic heterocycles. The summed E-state index contributed by atoms with van der Waals surface area (Å²) in [5, 5.41) is 5.70. The normalized spacial score (nSPS) is 15.8. The summed E-state index contributed by atoms with van der Waals surface area (Å²) in [4.78, 5) is 11.3. The van der Waals surface area contributed by atoms with Gasteiger partial charge < -0.3 is 10.2 Å². The maximum atomic E-state index is 12.8. The summed E-state index contributed by atoms with van der Waals surface area (Å²) in [5.74, 6) is 1.03. The van der Waals surface area contributed by atoms with Gasteiger partial charge in [-0.1, -0.05) is 18.2 Å². The van der Waals surface area contributed by atoms with Gasteiger partial charge in [-0.3, -0.25) is 0 Å². The van der Waals surface area contributed by atoms with Crippen molar-refractivity contribution in [2.24, 2.45) is 0 Å². The average molecular weight is 435 g/mol. The molecule has 4 rings (SSSR count). The fourth-order valence-corrected chi connectivity index (χ4v) is 5.00. The maximum Gasteiger partial charge on any atom is 0.416 e. The van der Waals surface area contributed by atoms with Crippen LogP contribution in [0.1, 0.15) is 36.0 Å². The fourth-order valence-electron chi connectivity index (χ4n) is 3.98. The number of aromatic nitrogens is 2. The van der Waals surface area contributed by atoms with Crippen LogP contribution in [0.4, 0.5) is 19.0 Å². The first-order valence-corrected chi connectivity index (χ1v) is 11.1. The van der Waals surface area contributed by atoms with Gasteiger partial charge in [0.2, 0.25) is 0 Å². The van der Waals surface area contributed by atoms with E-state index in [9.17, 15) is 13.2 Å². The molecular formula is C22H25F3N4S. The van der Waals surface area contributed by atoms with Gasteiger partial charge in [-0.05, 0) is 61.7 Å². The minimum Gasteiger partial charge on any atom is -0.355 e. The molecule has 0 radical (unpaired) electrons. The summed E-state index contributed by atoms with van der Waals surface area (Å²) in [6, 6.07) is 6.07. The molecular weight excluding hydrogens is 409 g/mol. The zero-order chi connectivity index (χ0) is 21.1. The van der Waals surface area contributed by atoms with Gasteiger partial charge in [0.1, 0.15) is 12.1 Å². The molecule has 160 valence electrons. The monoisotopic (exact) mass is 434 g/mol. The lowest BCUT2D eigenvalue weighted by Gasteiger charge is -2.33. The van der Waals surface area contributed by atoms with Crippen molar-refractivity contribution in [3.05, 3.63) is 52.7 Å². The number of alkyl halides is 3. The van der Waals surface area contributed by atoms with Gasteiger partial charge in [0.25, 0.3) is 0 Å². The van der Waals surface area contributed by atoms with Gasteiger partial charge in [0.15, 0.2) is 0 Å². The lowest BCUT2D eigenvalue weighted by atomic mass is 10.0. The molecule has 0 amide bonds. The van der Waals surface area contributed by atoms with E-state index in [1.165, 1.54) is 17.7 Å². The van der Waals surface area contributed by atoms with E-state index < -0.39 is 11.7 Å². The van der Waals surface area contributed by atoms with E-state index in [2.05, 4.69) is 32.5 Å². The van der Waals surface area contributed by atoms with Crippen molar-refractivity contribution in [1.29, 1.82) is 0 Å². The fraction of sp³-hybridized carbons (Fsp3) is 0.455. The summed E-state index contributed by atoms with van der Waals surface area (Å²) in [5.41, 5.74) is 2.40. The van der Waals surface area contributed by atoms with Crippen molar-refractivity contribution < 1.29 is 13.2 Å². The van der Waals surface area contributed by atoms with E-state index in [1.807, 2.05) is 0 Å². The highest BCUT2D eigenvalue weighted by molar-refractivity contribution is 7.18. The molecule has 4 nitrogen and oxygen atoms in total. The number of rotatable bonds is 6. The van der Waals surface area contributed by atoms with E-state index in [4.69, 9.17) is 0 Å². The molecule has 30 heavy (non-hydrogen) atoms. The van der Waals surface area contributed by atoms with Gasteiger partial charge in [-0.25, -0.2) is 9.97 Å². The van der Waals surface area contributed by atoms with Crippen LogP contribution >= 0.6 is 11.3 Å². The Labute approximate surface area is 178 Å². The minimum absolute atomic E-state index is 0.435. The number of piperidine rings is 1. The Morgan fingerprint density at radius 2 is 2.00 bits per heavy atom. The van der Waals surface area contributed by atoms with E-state index in [0.717, 1.165) is 66.6 Å². The van der Waals surface area contributed by atoms with E-state index in [0.29, 0.717) is 12.5 Å². The molecule has 0 aliphatic carbocycles. The molecule has 0 saturated carbocycles. The van der Waals surface area contributed by atoms with Gasteiger partial charge in [-0.15, -0.1) is 11.3 Å². The van der Waals surface area contributed by atoms with Crippen LogP contribution in [0.15, 0.2) is 36.0 Å².